The summed E-state index contributed by atoms with van der Waals surface area (Å²) in [6, 6.07) is 0. The van der Waals surface area contributed by atoms with Gasteiger partial charge in [0.15, 0.2) is 0 Å². The Kier molecular flexibility index (Phi) is 4.82. The molecule has 3 heteroatoms. The maximum Gasteiger partial charge on any atom is 0.324 e. The molecular weight excluding hydrogens is 118 g/mol. The van der Waals surface area contributed by atoms with Crippen molar-refractivity contribution in [2.24, 2.45) is 5.90 Å². The zero-order chi connectivity index (χ0) is 7.11. The van der Waals surface area contributed by atoms with Crippen LogP contribution in [0.3, 0.4) is 0 Å². The first kappa shape index (κ1) is 8.17. The molecule has 0 bridgehead atoms. The molecule has 0 aromatic carbocycles. The molecule has 0 aliphatic rings. The van der Waals surface area contributed by atoms with Gasteiger partial charge in [0.2, 0.25) is 0 Å². The van der Waals surface area contributed by atoms with Gasteiger partial charge in [0.05, 0.1) is 0 Å². The van der Waals surface area contributed by atoms with Crippen molar-refractivity contribution in [3.63, 3.8) is 0 Å². The van der Waals surface area contributed by atoms with Crippen LogP contribution >= 0.6 is 0 Å². The van der Waals surface area contributed by atoms with Crippen LogP contribution in [-0.2, 0) is 9.63 Å². The monoisotopic (exact) mass is 129 g/mol. The second-order valence-corrected chi connectivity index (χ2v) is 1.67. The van der Waals surface area contributed by atoms with Crippen LogP contribution in [0.15, 0.2) is 12.7 Å². The van der Waals surface area contributed by atoms with Gasteiger partial charge in [0, 0.05) is 6.42 Å². The minimum absolute atomic E-state index is 0.364. The Labute approximate surface area is 54.4 Å². The van der Waals surface area contributed by atoms with Crippen molar-refractivity contribution in [1.29, 1.82) is 0 Å². The van der Waals surface area contributed by atoms with E-state index in [2.05, 4.69) is 17.3 Å². The Hall–Kier alpha value is -0.830. The molecule has 9 heavy (non-hydrogen) atoms. The molecule has 0 rings (SSSR count). The number of rotatable bonds is 4. The van der Waals surface area contributed by atoms with E-state index in [0.29, 0.717) is 6.42 Å². The van der Waals surface area contributed by atoms with Gasteiger partial charge in [-0.15, -0.1) is 6.58 Å². The van der Waals surface area contributed by atoms with Gasteiger partial charge < -0.3 is 4.84 Å². The molecule has 0 fully saturated rings. The van der Waals surface area contributed by atoms with E-state index in [1.54, 1.807) is 6.08 Å². The number of nitrogens with two attached hydrogens (primary N) is 1. The predicted molar refractivity (Wildman–Crippen MR) is 34.3 cm³/mol. The molecule has 0 aromatic heterocycles. The van der Waals surface area contributed by atoms with Crippen molar-refractivity contribution in [1.82, 2.24) is 0 Å². The molecule has 0 heterocycles. The molecule has 0 aromatic rings. The molecule has 52 valence electrons. The van der Waals surface area contributed by atoms with Crippen LogP contribution in [0.25, 0.3) is 0 Å². The van der Waals surface area contributed by atoms with Gasteiger partial charge in [-0.3, -0.25) is 4.79 Å². The smallest absolute Gasteiger partial charge is 0.324 e. The highest BCUT2D eigenvalue weighted by Crippen LogP contribution is 1.95. The van der Waals surface area contributed by atoms with Crippen molar-refractivity contribution in [2.45, 2.75) is 19.3 Å². The number of carbonyl (C=O) groups excluding carboxylic acids is 1. The van der Waals surface area contributed by atoms with Gasteiger partial charge in [0.25, 0.3) is 0 Å². The summed E-state index contributed by atoms with van der Waals surface area (Å²) in [5.74, 6) is 4.21. The van der Waals surface area contributed by atoms with Gasteiger partial charge >= 0.3 is 5.97 Å². The number of carbonyl (C=O) groups is 1. The Bertz CT molecular complexity index is 101. The highest BCUT2D eigenvalue weighted by Gasteiger charge is 1.96. The van der Waals surface area contributed by atoms with Crippen LogP contribution in [0.4, 0.5) is 0 Å². The molecule has 0 aliphatic carbocycles. The van der Waals surface area contributed by atoms with Crippen molar-refractivity contribution in [3.05, 3.63) is 12.7 Å². The molecule has 0 saturated carbocycles. The fraction of sp³-hybridized carbons (Fsp3) is 0.500. The molecule has 0 spiro atoms. The van der Waals surface area contributed by atoms with E-state index in [1.165, 1.54) is 0 Å². The molecule has 0 unspecified atom stereocenters. The zero-order valence-corrected chi connectivity index (χ0v) is 5.30. The highest BCUT2D eigenvalue weighted by atomic mass is 16.7. The van der Waals surface area contributed by atoms with E-state index in [9.17, 15) is 4.79 Å². The average Bonchev–Trinajstić information content (AvgIpc) is 1.89. The van der Waals surface area contributed by atoms with Crippen molar-refractivity contribution in [2.75, 3.05) is 0 Å². The first-order chi connectivity index (χ1) is 4.31. The second-order valence-electron chi connectivity index (χ2n) is 1.67. The Morgan fingerprint density at radius 1 is 1.78 bits per heavy atom. The number of unbranched alkanes of at least 4 members (excludes halogenated alkanes) is 1. The van der Waals surface area contributed by atoms with Gasteiger partial charge in [-0.05, 0) is 12.8 Å². The van der Waals surface area contributed by atoms with Crippen molar-refractivity contribution < 1.29 is 9.63 Å². The zero-order valence-electron chi connectivity index (χ0n) is 5.30. The van der Waals surface area contributed by atoms with Crippen LogP contribution in [0.1, 0.15) is 19.3 Å². The van der Waals surface area contributed by atoms with E-state index < -0.39 is 0 Å². The summed E-state index contributed by atoms with van der Waals surface area (Å²) < 4.78 is 0. The third kappa shape index (κ3) is 5.03. The van der Waals surface area contributed by atoms with E-state index >= 15 is 0 Å². The summed E-state index contributed by atoms with van der Waals surface area (Å²) in [6.07, 6.45) is 3.72. The minimum Gasteiger partial charge on any atom is -0.373 e. The maximum atomic E-state index is 10.3. The number of allylic oxidation sites excluding steroid dienone is 1. The quantitative estimate of drug-likeness (QED) is 0.346. The summed E-state index contributed by atoms with van der Waals surface area (Å²) in [7, 11) is 0. The Morgan fingerprint density at radius 2 is 2.44 bits per heavy atom. The lowest BCUT2D eigenvalue weighted by Gasteiger charge is -1.93. The van der Waals surface area contributed by atoms with Crippen LogP contribution in [0.2, 0.25) is 0 Å². The lowest BCUT2D eigenvalue weighted by atomic mass is 10.2. The maximum absolute atomic E-state index is 10.3. The molecule has 0 aliphatic heterocycles. The fourth-order valence-electron chi connectivity index (χ4n) is 0.450. The largest absolute Gasteiger partial charge is 0.373 e. The standard InChI is InChI=1S/C6H11NO2/c1-2-3-4-5-6(8)9-7/h2H,1,3-5,7H2. The summed E-state index contributed by atoms with van der Waals surface area (Å²) in [6.45, 7) is 3.50. The van der Waals surface area contributed by atoms with E-state index in [0.717, 1.165) is 12.8 Å². The summed E-state index contributed by atoms with van der Waals surface area (Å²) in [5.41, 5.74) is 0. The average molecular weight is 129 g/mol. The first-order valence-corrected chi connectivity index (χ1v) is 2.81. The summed E-state index contributed by atoms with van der Waals surface area (Å²) in [5, 5.41) is 0. The molecule has 0 amide bonds. The SMILES string of the molecule is C=CCCCC(=O)ON. The second kappa shape index (κ2) is 5.31. The highest BCUT2D eigenvalue weighted by molar-refractivity contribution is 5.68. The molecule has 2 N–H and O–H groups in total. The third-order valence-corrected chi connectivity index (χ3v) is 0.921. The van der Waals surface area contributed by atoms with Gasteiger partial charge in [-0.2, -0.15) is 5.90 Å². The molecule has 0 atom stereocenters. The normalized spacial score (nSPS) is 8.56. The van der Waals surface area contributed by atoms with E-state index in [1.807, 2.05) is 0 Å². The minimum atomic E-state index is -0.364. The summed E-state index contributed by atoms with van der Waals surface area (Å²) >= 11 is 0. The Morgan fingerprint density at radius 3 is 2.89 bits per heavy atom. The van der Waals surface area contributed by atoms with Crippen LogP contribution in [0.5, 0.6) is 0 Å². The summed E-state index contributed by atoms with van der Waals surface area (Å²) in [4.78, 5) is 14.2. The third-order valence-electron chi connectivity index (χ3n) is 0.921. The topological polar surface area (TPSA) is 52.3 Å². The van der Waals surface area contributed by atoms with Gasteiger partial charge in [-0.1, -0.05) is 6.08 Å². The molecular formula is C6H11NO2. The predicted octanol–water partition coefficient (Wildman–Crippen LogP) is 0.760. The van der Waals surface area contributed by atoms with Crippen molar-refractivity contribution in [3.8, 4) is 0 Å². The lowest BCUT2D eigenvalue weighted by Crippen LogP contribution is -2.08. The van der Waals surface area contributed by atoms with Gasteiger partial charge in [-0.25, -0.2) is 0 Å². The van der Waals surface area contributed by atoms with Crippen molar-refractivity contribution >= 4 is 5.97 Å². The lowest BCUT2D eigenvalue weighted by molar-refractivity contribution is -0.144. The van der Waals surface area contributed by atoms with Gasteiger partial charge in [0.1, 0.15) is 0 Å². The Balaban J connectivity index is 3.06. The number of hydrogen-bond donors (Lipinski definition) is 1. The molecule has 3 nitrogen and oxygen atoms in total. The first-order valence-electron chi connectivity index (χ1n) is 2.81. The fourth-order valence-corrected chi connectivity index (χ4v) is 0.450. The number of hydrogen-bond acceptors (Lipinski definition) is 3. The molecule has 0 radical (unpaired) electrons. The van der Waals surface area contributed by atoms with Crippen LogP contribution in [-0.4, -0.2) is 5.97 Å². The van der Waals surface area contributed by atoms with Crippen LogP contribution < -0.4 is 5.90 Å². The van der Waals surface area contributed by atoms with Crippen LogP contribution in [0, 0.1) is 0 Å². The molecule has 0 saturated heterocycles. The van der Waals surface area contributed by atoms with E-state index in [4.69, 9.17) is 0 Å². The van der Waals surface area contributed by atoms with E-state index in [-0.39, 0.29) is 5.97 Å².